The van der Waals surface area contributed by atoms with Crippen molar-refractivity contribution in [3.05, 3.63) is 52.9 Å². The zero-order valence-corrected chi connectivity index (χ0v) is 12.1. The summed E-state index contributed by atoms with van der Waals surface area (Å²) < 4.78 is 1.83. The third kappa shape index (κ3) is 2.86. The molecule has 20 heavy (non-hydrogen) atoms. The van der Waals surface area contributed by atoms with Gasteiger partial charge >= 0.3 is 0 Å². The number of nitrogens with zero attached hydrogens (tertiary/aromatic N) is 2. The largest absolute Gasteiger partial charge is 0.361 e. The first-order chi connectivity index (χ1) is 9.72. The average molecular weight is 289 g/mol. The third-order valence-electron chi connectivity index (χ3n) is 3.39. The Morgan fingerprint density at radius 1 is 1.40 bits per heavy atom. The van der Waals surface area contributed by atoms with Gasteiger partial charge in [-0.25, -0.2) is 0 Å². The van der Waals surface area contributed by atoms with Gasteiger partial charge in [-0.1, -0.05) is 17.7 Å². The molecule has 0 aliphatic carbocycles. The van der Waals surface area contributed by atoms with Crippen molar-refractivity contribution < 1.29 is 0 Å². The second kappa shape index (κ2) is 5.69. The van der Waals surface area contributed by atoms with Crippen molar-refractivity contribution in [2.24, 2.45) is 7.05 Å². The highest BCUT2D eigenvalue weighted by molar-refractivity contribution is 6.31. The molecule has 3 rings (SSSR count). The molecule has 0 fully saturated rings. The summed E-state index contributed by atoms with van der Waals surface area (Å²) in [5, 5.41) is 9.61. The standard InChI is InChI=1S/C15H17ClN4/c1-20-10-11(7-19-20)4-5-17-8-12-9-18-15-6-13(16)2-3-14(12)15/h2-3,6-7,9-10,17-18H,4-5,8H2,1H3. The SMILES string of the molecule is Cn1cc(CCNCc2c[nH]c3cc(Cl)ccc23)cn1. The van der Waals surface area contributed by atoms with Gasteiger partial charge in [0.05, 0.1) is 6.20 Å². The summed E-state index contributed by atoms with van der Waals surface area (Å²) in [4.78, 5) is 3.25. The minimum atomic E-state index is 0.760. The van der Waals surface area contributed by atoms with E-state index >= 15 is 0 Å². The fourth-order valence-electron chi connectivity index (χ4n) is 2.36. The van der Waals surface area contributed by atoms with Gasteiger partial charge < -0.3 is 10.3 Å². The highest BCUT2D eigenvalue weighted by atomic mass is 35.5. The summed E-state index contributed by atoms with van der Waals surface area (Å²) in [5.41, 5.74) is 3.61. The molecule has 0 bridgehead atoms. The molecule has 0 aliphatic heterocycles. The van der Waals surface area contributed by atoms with E-state index < -0.39 is 0 Å². The number of benzene rings is 1. The molecule has 2 N–H and O–H groups in total. The summed E-state index contributed by atoms with van der Waals surface area (Å²) in [6, 6.07) is 5.94. The van der Waals surface area contributed by atoms with Crippen LogP contribution in [0.2, 0.25) is 5.02 Å². The van der Waals surface area contributed by atoms with Crippen LogP contribution in [0.4, 0.5) is 0 Å². The summed E-state index contributed by atoms with van der Waals surface area (Å²) in [6.45, 7) is 1.79. The van der Waals surface area contributed by atoms with E-state index in [9.17, 15) is 0 Å². The summed E-state index contributed by atoms with van der Waals surface area (Å²) in [6.07, 6.45) is 6.99. The quantitative estimate of drug-likeness (QED) is 0.709. The first-order valence-electron chi connectivity index (χ1n) is 6.66. The van der Waals surface area contributed by atoms with Crippen molar-refractivity contribution in [2.75, 3.05) is 6.54 Å². The molecule has 3 aromatic rings. The molecule has 0 spiro atoms. The van der Waals surface area contributed by atoms with Crippen molar-refractivity contribution in [3.8, 4) is 0 Å². The molecule has 0 aliphatic rings. The molecule has 0 radical (unpaired) electrons. The molecule has 0 amide bonds. The van der Waals surface area contributed by atoms with Crippen LogP contribution >= 0.6 is 11.6 Å². The Labute approximate surface area is 122 Å². The normalized spacial score (nSPS) is 11.3. The molecule has 1 aromatic carbocycles. The van der Waals surface area contributed by atoms with Gasteiger partial charge in [0.1, 0.15) is 0 Å². The lowest BCUT2D eigenvalue weighted by Crippen LogP contribution is -2.16. The lowest BCUT2D eigenvalue weighted by Gasteiger charge is -2.03. The predicted molar refractivity (Wildman–Crippen MR) is 81.9 cm³/mol. The van der Waals surface area contributed by atoms with Crippen LogP contribution in [-0.2, 0) is 20.0 Å². The number of halogens is 1. The van der Waals surface area contributed by atoms with Crippen LogP contribution in [0.25, 0.3) is 10.9 Å². The number of aromatic amines is 1. The smallest absolute Gasteiger partial charge is 0.0522 e. The van der Waals surface area contributed by atoms with Crippen LogP contribution in [0.3, 0.4) is 0 Å². The van der Waals surface area contributed by atoms with Crippen LogP contribution in [0, 0.1) is 0 Å². The molecule has 4 nitrogen and oxygen atoms in total. The van der Waals surface area contributed by atoms with Gasteiger partial charge in [0.15, 0.2) is 0 Å². The van der Waals surface area contributed by atoms with Crippen molar-refractivity contribution in [2.45, 2.75) is 13.0 Å². The maximum absolute atomic E-state index is 5.98. The van der Waals surface area contributed by atoms with Crippen molar-refractivity contribution in [1.29, 1.82) is 0 Å². The number of aromatic nitrogens is 3. The highest BCUT2D eigenvalue weighted by Crippen LogP contribution is 2.21. The number of H-pyrrole nitrogens is 1. The van der Waals surface area contributed by atoms with Crippen LogP contribution < -0.4 is 5.32 Å². The lowest BCUT2D eigenvalue weighted by atomic mass is 10.1. The van der Waals surface area contributed by atoms with Crippen molar-refractivity contribution in [1.82, 2.24) is 20.1 Å². The number of hydrogen-bond acceptors (Lipinski definition) is 2. The van der Waals surface area contributed by atoms with Gasteiger partial charge in [0.25, 0.3) is 0 Å². The van der Waals surface area contributed by atoms with E-state index in [2.05, 4.69) is 27.7 Å². The number of aryl methyl sites for hydroxylation is 1. The van der Waals surface area contributed by atoms with Crippen LogP contribution in [0.1, 0.15) is 11.1 Å². The topological polar surface area (TPSA) is 45.6 Å². The van der Waals surface area contributed by atoms with Crippen LogP contribution in [0.15, 0.2) is 36.8 Å². The second-order valence-corrected chi connectivity index (χ2v) is 5.39. The minimum absolute atomic E-state index is 0.760. The van der Waals surface area contributed by atoms with Gasteiger partial charge in [-0.3, -0.25) is 4.68 Å². The molecular weight excluding hydrogens is 272 g/mol. The summed E-state index contributed by atoms with van der Waals surface area (Å²) >= 11 is 5.98. The average Bonchev–Trinajstić information content (AvgIpc) is 3.01. The maximum Gasteiger partial charge on any atom is 0.0522 e. The second-order valence-electron chi connectivity index (χ2n) is 4.95. The Morgan fingerprint density at radius 2 is 2.30 bits per heavy atom. The van der Waals surface area contributed by atoms with E-state index in [1.165, 1.54) is 16.5 Å². The summed E-state index contributed by atoms with van der Waals surface area (Å²) in [5.74, 6) is 0. The van der Waals surface area contributed by atoms with Gasteiger partial charge in [0, 0.05) is 41.9 Å². The van der Waals surface area contributed by atoms with E-state index in [1.807, 2.05) is 36.3 Å². The molecule has 104 valence electrons. The monoisotopic (exact) mass is 288 g/mol. The van der Waals surface area contributed by atoms with Crippen LogP contribution in [0.5, 0.6) is 0 Å². The Kier molecular flexibility index (Phi) is 3.76. The third-order valence-corrected chi connectivity index (χ3v) is 3.63. The number of nitrogens with one attached hydrogen (secondary N) is 2. The van der Waals surface area contributed by atoms with Gasteiger partial charge in [-0.2, -0.15) is 5.10 Å². The van der Waals surface area contributed by atoms with Crippen LogP contribution in [-0.4, -0.2) is 21.3 Å². The molecule has 5 heteroatoms. The predicted octanol–water partition coefficient (Wildman–Crippen LogP) is 2.89. The fraction of sp³-hybridized carbons (Fsp3) is 0.267. The van der Waals surface area contributed by atoms with Gasteiger partial charge in [-0.05, 0) is 36.2 Å². The molecule has 0 saturated carbocycles. The molecule has 2 heterocycles. The zero-order chi connectivity index (χ0) is 13.9. The molecule has 0 saturated heterocycles. The zero-order valence-electron chi connectivity index (χ0n) is 11.4. The molecule has 0 unspecified atom stereocenters. The minimum Gasteiger partial charge on any atom is -0.361 e. The Morgan fingerprint density at radius 3 is 3.10 bits per heavy atom. The Bertz CT molecular complexity index is 714. The van der Waals surface area contributed by atoms with E-state index in [0.29, 0.717) is 0 Å². The van der Waals surface area contributed by atoms with Gasteiger partial charge in [0.2, 0.25) is 0 Å². The van der Waals surface area contributed by atoms with Crippen molar-refractivity contribution >= 4 is 22.5 Å². The first kappa shape index (κ1) is 13.2. The maximum atomic E-state index is 5.98. The number of hydrogen-bond donors (Lipinski definition) is 2. The van der Waals surface area contributed by atoms with E-state index in [0.717, 1.165) is 30.0 Å². The van der Waals surface area contributed by atoms with E-state index in [-0.39, 0.29) is 0 Å². The van der Waals surface area contributed by atoms with Gasteiger partial charge in [-0.15, -0.1) is 0 Å². The van der Waals surface area contributed by atoms with E-state index in [1.54, 1.807) is 0 Å². The Balaban J connectivity index is 1.57. The number of rotatable bonds is 5. The van der Waals surface area contributed by atoms with E-state index in [4.69, 9.17) is 11.6 Å². The molecular formula is C15H17ClN4. The first-order valence-corrected chi connectivity index (χ1v) is 7.04. The highest BCUT2D eigenvalue weighted by Gasteiger charge is 2.03. The molecule has 0 atom stereocenters. The fourth-order valence-corrected chi connectivity index (χ4v) is 2.53. The summed E-state index contributed by atoms with van der Waals surface area (Å²) in [7, 11) is 1.94. The number of fused-ring (bicyclic) bond motifs is 1. The molecule has 2 aromatic heterocycles. The van der Waals surface area contributed by atoms with Crippen molar-refractivity contribution in [3.63, 3.8) is 0 Å². The lowest BCUT2D eigenvalue weighted by molar-refractivity contribution is 0.689. The Hall–Kier alpha value is -1.78.